The van der Waals surface area contributed by atoms with E-state index in [9.17, 15) is 0 Å². The van der Waals surface area contributed by atoms with E-state index in [1.807, 2.05) is 45.1 Å². The molecule has 0 bridgehead atoms. The van der Waals surface area contributed by atoms with Gasteiger partial charge in [0.2, 0.25) is 0 Å². The van der Waals surface area contributed by atoms with Gasteiger partial charge in [0.1, 0.15) is 0 Å². The van der Waals surface area contributed by atoms with Crippen molar-refractivity contribution in [2.45, 2.75) is 20.8 Å². The van der Waals surface area contributed by atoms with Gasteiger partial charge in [-0.1, -0.05) is 106 Å². The van der Waals surface area contributed by atoms with Crippen molar-refractivity contribution in [3.8, 4) is 0 Å². The molecular formula is C21H26. The molecule has 0 unspecified atom stereocenters. The summed E-state index contributed by atoms with van der Waals surface area (Å²) in [5.41, 5.74) is 4.42. The minimum Gasteiger partial charge on any atom is -0.0990 e. The van der Waals surface area contributed by atoms with Crippen LogP contribution >= 0.6 is 0 Å². The van der Waals surface area contributed by atoms with E-state index in [1.54, 1.807) is 6.08 Å². The van der Waals surface area contributed by atoms with Crippen LogP contribution in [0.2, 0.25) is 0 Å². The summed E-state index contributed by atoms with van der Waals surface area (Å²) >= 11 is 0. The van der Waals surface area contributed by atoms with Crippen LogP contribution in [0.25, 0.3) is 12.2 Å². The highest BCUT2D eigenvalue weighted by atomic mass is 13.9. The lowest BCUT2D eigenvalue weighted by Gasteiger charge is -1.97. The summed E-state index contributed by atoms with van der Waals surface area (Å²) in [5.74, 6) is 0. The molecule has 0 fully saturated rings. The Hall–Kier alpha value is -2.34. The van der Waals surface area contributed by atoms with E-state index in [0.717, 1.165) is 16.7 Å². The van der Waals surface area contributed by atoms with Crippen LogP contribution in [0.3, 0.4) is 0 Å². The lowest BCUT2D eigenvalue weighted by molar-refractivity contribution is 1.50. The Labute approximate surface area is 130 Å². The smallest absolute Gasteiger partial charge is 0.0256 e. The van der Waals surface area contributed by atoms with E-state index in [2.05, 4.69) is 56.2 Å². The minimum atomic E-state index is 1.04. The molecule has 21 heavy (non-hydrogen) atoms. The fourth-order valence-corrected chi connectivity index (χ4v) is 1.48. The Morgan fingerprint density at radius 1 is 0.905 bits per heavy atom. The molecule has 0 N–H and O–H groups in total. The van der Waals surface area contributed by atoms with Crippen LogP contribution in [0.5, 0.6) is 0 Å². The van der Waals surface area contributed by atoms with Crippen molar-refractivity contribution < 1.29 is 0 Å². The highest BCUT2D eigenvalue weighted by Crippen LogP contribution is 2.10. The predicted molar refractivity (Wildman–Crippen MR) is 99.1 cm³/mol. The third-order valence-electron chi connectivity index (χ3n) is 2.51. The van der Waals surface area contributed by atoms with Gasteiger partial charge in [-0.05, 0) is 23.6 Å². The number of benzene rings is 1. The SMILES string of the molecule is C=C/C=C(C=C)/C=C/c1ccc(/C=C/C(=C)C)cc1.CC. The Morgan fingerprint density at radius 2 is 1.38 bits per heavy atom. The second-order valence-corrected chi connectivity index (χ2v) is 4.29. The average molecular weight is 278 g/mol. The second-order valence-electron chi connectivity index (χ2n) is 4.29. The molecule has 1 aromatic rings. The number of rotatable bonds is 6. The van der Waals surface area contributed by atoms with Gasteiger partial charge in [0.15, 0.2) is 0 Å². The average Bonchev–Trinajstić information content (AvgIpc) is 2.52. The summed E-state index contributed by atoms with van der Waals surface area (Å²) in [7, 11) is 0. The molecule has 0 amide bonds. The first-order valence-electron chi connectivity index (χ1n) is 7.22. The van der Waals surface area contributed by atoms with E-state index in [1.165, 1.54) is 5.56 Å². The monoisotopic (exact) mass is 278 g/mol. The molecule has 0 atom stereocenters. The predicted octanol–water partition coefficient (Wildman–Crippen LogP) is 6.61. The van der Waals surface area contributed by atoms with Gasteiger partial charge in [0, 0.05) is 0 Å². The maximum Gasteiger partial charge on any atom is -0.0256 e. The summed E-state index contributed by atoms with van der Waals surface area (Å²) < 4.78 is 0. The minimum absolute atomic E-state index is 1.04. The van der Waals surface area contributed by atoms with Gasteiger partial charge in [0.05, 0.1) is 0 Å². The Balaban J connectivity index is 0.00000191. The first kappa shape index (κ1) is 18.7. The van der Waals surface area contributed by atoms with E-state index in [-0.39, 0.29) is 0 Å². The van der Waals surface area contributed by atoms with Crippen LogP contribution in [-0.2, 0) is 0 Å². The van der Waals surface area contributed by atoms with Crippen LogP contribution in [-0.4, -0.2) is 0 Å². The Kier molecular flexibility index (Phi) is 10.2. The fourth-order valence-electron chi connectivity index (χ4n) is 1.48. The first-order valence-corrected chi connectivity index (χ1v) is 7.22. The third-order valence-corrected chi connectivity index (χ3v) is 2.51. The maximum atomic E-state index is 3.84. The fraction of sp³-hybridized carbons (Fsp3) is 0.143. The Bertz CT molecular complexity index is 534. The molecule has 1 rings (SSSR count). The van der Waals surface area contributed by atoms with Gasteiger partial charge in [-0.25, -0.2) is 0 Å². The summed E-state index contributed by atoms with van der Waals surface area (Å²) in [6, 6.07) is 8.35. The molecule has 0 saturated carbocycles. The molecule has 0 heteroatoms. The summed E-state index contributed by atoms with van der Waals surface area (Å²) in [4.78, 5) is 0. The largest absolute Gasteiger partial charge is 0.0990 e. The van der Waals surface area contributed by atoms with Crippen molar-refractivity contribution in [1.82, 2.24) is 0 Å². The van der Waals surface area contributed by atoms with Crippen LogP contribution in [0.4, 0.5) is 0 Å². The highest BCUT2D eigenvalue weighted by Gasteiger charge is 1.89. The second kappa shape index (κ2) is 11.5. The van der Waals surface area contributed by atoms with Gasteiger partial charge in [0.25, 0.3) is 0 Å². The van der Waals surface area contributed by atoms with E-state index in [0.29, 0.717) is 0 Å². The zero-order valence-corrected chi connectivity index (χ0v) is 13.5. The summed E-state index contributed by atoms with van der Waals surface area (Å²) in [6.45, 7) is 17.3. The molecule has 0 radical (unpaired) electrons. The number of hydrogen-bond acceptors (Lipinski definition) is 0. The van der Waals surface area contributed by atoms with Crippen LogP contribution in [0, 0.1) is 0 Å². The summed E-state index contributed by atoms with van der Waals surface area (Å²) in [5, 5.41) is 0. The normalized spacial score (nSPS) is 11.1. The van der Waals surface area contributed by atoms with Gasteiger partial charge >= 0.3 is 0 Å². The molecule has 0 spiro atoms. The molecule has 0 aliphatic rings. The van der Waals surface area contributed by atoms with Crippen molar-refractivity contribution in [1.29, 1.82) is 0 Å². The first-order chi connectivity index (χ1) is 10.2. The van der Waals surface area contributed by atoms with Crippen molar-refractivity contribution in [2.75, 3.05) is 0 Å². The van der Waals surface area contributed by atoms with Crippen LogP contribution in [0.15, 0.2) is 85.5 Å². The molecule has 0 aromatic heterocycles. The van der Waals surface area contributed by atoms with Gasteiger partial charge in [-0.2, -0.15) is 0 Å². The van der Waals surface area contributed by atoms with E-state index < -0.39 is 0 Å². The third kappa shape index (κ3) is 8.43. The maximum absolute atomic E-state index is 3.84. The highest BCUT2D eigenvalue weighted by molar-refractivity contribution is 5.59. The lowest BCUT2D eigenvalue weighted by Crippen LogP contribution is -1.76. The van der Waals surface area contributed by atoms with E-state index in [4.69, 9.17) is 0 Å². The number of allylic oxidation sites excluding steroid dienone is 7. The number of hydrogen-bond donors (Lipinski definition) is 0. The van der Waals surface area contributed by atoms with Gasteiger partial charge in [-0.15, -0.1) is 0 Å². The zero-order valence-electron chi connectivity index (χ0n) is 13.5. The topological polar surface area (TPSA) is 0 Å². The Morgan fingerprint density at radius 3 is 1.76 bits per heavy atom. The quantitative estimate of drug-likeness (QED) is 0.513. The molecule has 0 heterocycles. The molecule has 0 aliphatic carbocycles. The van der Waals surface area contributed by atoms with Crippen LogP contribution in [0.1, 0.15) is 31.9 Å². The molecule has 0 saturated heterocycles. The molecule has 1 aromatic carbocycles. The van der Waals surface area contributed by atoms with Crippen molar-refractivity contribution in [3.63, 3.8) is 0 Å². The lowest BCUT2D eigenvalue weighted by atomic mass is 10.1. The zero-order chi connectivity index (χ0) is 16.1. The molecular weight excluding hydrogens is 252 g/mol. The molecule has 0 aliphatic heterocycles. The van der Waals surface area contributed by atoms with Crippen molar-refractivity contribution >= 4 is 12.2 Å². The molecule has 110 valence electrons. The van der Waals surface area contributed by atoms with Crippen molar-refractivity contribution in [3.05, 3.63) is 96.7 Å². The van der Waals surface area contributed by atoms with Gasteiger partial charge < -0.3 is 0 Å². The molecule has 0 nitrogen and oxygen atoms in total. The van der Waals surface area contributed by atoms with Crippen LogP contribution < -0.4 is 0 Å². The van der Waals surface area contributed by atoms with Crippen molar-refractivity contribution in [2.24, 2.45) is 0 Å². The standard InChI is InChI=1S/C19H20.C2H6/c1-5-7-17(6-2)10-11-19-14-12-18(13-15-19)9-8-16(3)4;1-2/h5-15H,1-3H2,4H3;1-2H3/b9-8+,11-10+,17-7+;. The van der Waals surface area contributed by atoms with Gasteiger partial charge in [-0.3, -0.25) is 0 Å². The summed E-state index contributed by atoms with van der Waals surface area (Å²) in [6.07, 6.45) is 13.6. The van der Waals surface area contributed by atoms with E-state index >= 15 is 0 Å².